The number of carbonyl (C=O) groups is 2. The van der Waals surface area contributed by atoms with Crippen LogP contribution in [0.4, 0.5) is 21.5 Å². The molecule has 7 nitrogen and oxygen atoms in total. The fourth-order valence-corrected chi connectivity index (χ4v) is 4.31. The van der Waals surface area contributed by atoms with E-state index in [1.54, 1.807) is 19.1 Å². The van der Waals surface area contributed by atoms with Crippen LogP contribution in [0.15, 0.2) is 42.5 Å². The van der Waals surface area contributed by atoms with Crippen LogP contribution in [0.1, 0.15) is 12.0 Å². The number of anilines is 3. The summed E-state index contributed by atoms with van der Waals surface area (Å²) in [5, 5.41) is 4.65. The smallest absolute Gasteiger partial charge is 0.314 e. The van der Waals surface area contributed by atoms with Crippen LogP contribution in [0.2, 0.25) is 0 Å². The minimum absolute atomic E-state index is 0.0770. The van der Waals surface area contributed by atoms with Gasteiger partial charge >= 0.3 is 11.8 Å². The Morgan fingerprint density at radius 3 is 2.33 bits per heavy atom. The minimum atomic E-state index is -3.36. The lowest BCUT2D eigenvalue weighted by molar-refractivity contribution is -0.133. The van der Waals surface area contributed by atoms with Gasteiger partial charge in [0.15, 0.2) is 0 Å². The summed E-state index contributed by atoms with van der Waals surface area (Å²) >= 11 is 0. The van der Waals surface area contributed by atoms with Gasteiger partial charge in [-0.15, -0.1) is 0 Å². The van der Waals surface area contributed by atoms with Crippen molar-refractivity contribution in [3.05, 3.63) is 53.8 Å². The van der Waals surface area contributed by atoms with E-state index in [1.165, 1.54) is 28.6 Å². The molecule has 2 aromatic carbocycles. The molecule has 0 spiro atoms. The van der Waals surface area contributed by atoms with E-state index in [9.17, 15) is 22.4 Å². The number of para-hydroxylation sites is 1. The van der Waals surface area contributed by atoms with Gasteiger partial charge in [-0.3, -0.25) is 13.9 Å². The first-order valence-corrected chi connectivity index (χ1v) is 9.87. The number of rotatable bonds is 3. The van der Waals surface area contributed by atoms with Crippen LogP contribution < -0.4 is 14.9 Å². The standard InChI is InChI=1S/C18H18FN3O4S/c1-12-7-8-13(22-9-4-10-27(22,25)26)11-16(12)21-18(24)17(23)20-15-6-3-2-5-14(15)19/h2-3,5-8,11H,4,9-10H2,1H3,(H,20,23)(H,21,24). The van der Waals surface area contributed by atoms with Gasteiger partial charge in [0.05, 0.1) is 17.1 Å². The summed E-state index contributed by atoms with van der Waals surface area (Å²) in [4.78, 5) is 24.2. The first kappa shape index (κ1) is 18.8. The molecule has 0 radical (unpaired) electrons. The Labute approximate surface area is 156 Å². The highest BCUT2D eigenvalue weighted by atomic mass is 32.2. The Balaban J connectivity index is 1.77. The first-order chi connectivity index (χ1) is 12.8. The minimum Gasteiger partial charge on any atom is -0.317 e. The van der Waals surface area contributed by atoms with Crippen LogP contribution >= 0.6 is 0 Å². The number of hydrogen-bond donors (Lipinski definition) is 2. The van der Waals surface area contributed by atoms with Crippen LogP contribution in [-0.4, -0.2) is 32.5 Å². The molecule has 1 heterocycles. The molecule has 27 heavy (non-hydrogen) atoms. The predicted molar refractivity (Wildman–Crippen MR) is 101 cm³/mol. The lowest BCUT2D eigenvalue weighted by Gasteiger charge is -2.19. The third-order valence-corrected chi connectivity index (χ3v) is 6.05. The Bertz CT molecular complexity index is 1010. The average Bonchev–Trinajstić information content (AvgIpc) is 2.98. The zero-order valence-corrected chi connectivity index (χ0v) is 15.3. The van der Waals surface area contributed by atoms with E-state index >= 15 is 0 Å². The third-order valence-electron chi connectivity index (χ3n) is 4.18. The van der Waals surface area contributed by atoms with Gasteiger partial charge in [-0.25, -0.2) is 12.8 Å². The molecule has 0 aromatic heterocycles. The molecular formula is C18H18FN3O4S. The normalized spacial score (nSPS) is 15.4. The van der Waals surface area contributed by atoms with E-state index in [1.807, 2.05) is 0 Å². The number of aryl methyl sites for hydroxylation is 1. The lowest BCUT2D eigenvalue weighted by Crippen LogP contribution is -2.30. The molecule has 0 aliphatic carbocycles. The molecule has 2 amide bonds. The number of halogens is 1. The highest BCUT2D eigenvalue weighted by Gasteiger charge is 2.29. The van der Waals surface area contributed by atoms with Crippen LogP contribution in [0, 0.1) is 12.7 Å². The van der Waals surface area contributed by atoms with Gasteiger partial charge in [-0.05, 0) is 43.2 Å². The predicted octanol–water partition coefficient (Wildman–Crippen LogP) is 2.25. The van der Waals surface area contributed by atoms with Crippen molar-refractivity contribution in [2.75, 3.05) is 27.2 Å². The molecular weight excluding hydrogens is 373 g/mol. The van der Waals surface area contributed by atoms with Crippen molar-refractivity contribution in [3.63, 3.8) is 0 Å². The Morgan fingerprint density at radius 1 is 1.04 bits per heavy atom. The molecule has 0 atom stereocenters. The van der Waals surface area contributed by atoms with Crippen LogP contribution in [0.25, 0.3) is 0 Å². The SMILES string of the molecule is Cc1ccc(N2CCCS2(=O)=O)cc1NC(=O)C(=O)Nc1ccccc1F. The zero-order valence-electron chi connectivity index (χ0n) is 14.5. The van der Waals surface area contributed by atoms with Crippen molar-refractivity contribution in [3.8, 4) is 0 Å². The molecule has 0 saturated carbocycles. The summed E-state index contributed by atoms with van der Waals surface area (Å²) in [6, 6.07) is 10.3. The number of benzene rings is 2. The van der Waals surface area contributed by atoms with Gasteiger partial charge in [0.25, 0.3) is 0 Å². The van der Waals surface area contributed by atoms with Crippen molar-refractivity contribution in [1.29, 1.82) is 0 Å². The second kappa shape index (κ2) is 7.36. The van der Waals surface area contributed by atoms with Crippen LogP contribution in [0.5, 0.6) is 0 Å². The maximum Gasteiger partial charge on any atom is 0.314 e. The topological polar surface area (TPSA) is 95.6 Å². The van der Waals surface area contributed by atoms with Crippen molar-refractivity contribution < 1.29 is 22.4 Å². The first-order valence-electron chi connectivity index (χ1n) is 8.26. The Morgan fingerprint density at radius 2 is 1.70 bits per heavy atom. The van der Waals surface area contributed by atoms with Crippen molar-refractivity contribution in [2.24, 2.45) is 0 Å². The number of amides is 2. The second-order valence-corrected chi connectivity index (χ2v) is 8.14. The fraction of sp³-hybridized carbons (Fsp3) is 0.222. The second-order valence-electron chi connectivity index (χ2n) is 6.13. The number of hydrogen-bond acceptors (Lipinski definition) is 4. The highest BCUT2D eigenvalue weighted by Crippen LogP contribution is 2.28. The molecule has 2 aromatic rings. The number of nitrogens with zero attached hydrogens (tertiary/aromatic N) is 1. The van der Waals surface area contributed by atoms with Crippen LogP contribution in [0.3, 0.4) is 0 Å². The molecule has 0 unspecified atom stereocenters. The molecule has 3 rings (SSSR count). The van der Waals surface area contributed by atoms with Gasteiger partial charge < -0.3 is 10.6 Å². The van der Waals surface area contributed by atoms with Crippen LogP contribution in [-0.2, 0) is 19.6 Å². The highest BCUT2D eigenvalue weighted by molar-refractivity contribution is 7.93. The quantitative estimate of drug-likeness (QED) is 0.785. The number of sulfonamides is 1. The van der Waals surface area contributed by atoms with Gasteiger partial charge in [0.1, 0.15) is 5.82 Å². The van der Waals surface area contributed by atoms with Gasteiger partial charge in [-0.1, -0.05) is 18.2 Å². The van der Waals surface area contributed by atoms with E-state index in [-0.39, 0.29) is 11.4 Å². The summed E-state index contributed by atoms with van der Waals surface area (Å²) in [7, 11) is -3.36. The summed E-state index contributed by atoms with van der Waals surface area (Å²) in [5.74, 6) is -2.59. The zero-order chi connectivity index (χ0) is 19.6. The maximum absolute atomic E-state index is 13.6. The molecule has 142 valence electrons. The van der Waals surface area contributed by atoms with E-state index in [2.05, 4.69) is 10.6 Å². The summed E-state index contributed by atoms with van der Waals surface area (Å²) in [6.07, 6.45) is 0.531. The van der Waals surface area contributed by atoms with Crippen molar-refractivity contribution in [1.82, 2.24) is 0 Å². The van der Waals surface area contributed by atoms with Gasteiger partial charge in [0, 0.05) is 12.2 Å². The van der Waals surface area contributed by atoms with E-state index in [0.717, 1.165) is 6.07 Å². The Hall–Kier alpha value is -2.94. The molecule has 1 saturated heterocycles. The van der Waals surface area contributed by atoms with Gasteiger partial charge in [0.2, 0.25) is 10.0 Å². The van der Waals surface area contributed by atoms with E-state index in [0.29, 0.717) is 29.9 Å². The molecule has 1 fully saturated rings. The maximum atomic E-state index is 13.6. The molecule has 0 bridgehead atoms. The van der Waals surface area contributed by atoms with E-state index in [4.69, 9.17) is 0 Å². The molecule has 9 heteroatoms. The summed E-state index contributed by atoms with van der Waals surface area (Å²) in [5.41, 5.74) is 1.28. The molecule has 2 N–H and O–H groups in total. The summed E-state index contributed by atoms with van der Waals surface area (Å²) < 4.78 is 39.0. The number of carbonyl (C=O) groups excluding carboxylic acids is 2. The monoisotopic (exact) mass is 391 g/mol. The number of nitrogens with one attached hydrogen (secondary N) is 2. The largest absolute Gasteiger partial charge is 0.317 e. The third kappa shape index (κ3) is 4.08. The molecule has 1 aliphatic rings. The van der Waals surface area contributed by atoms with E-state index < -0.39 is 27.7 Å². The van der Waals surface area contributed by atoms with Gasteiger partial charge in [-0.2, -0.15) is 0 Å². The van der Waals surface area contributed by atoms with Crippen molar-refractivity contribution in [2.45, 2.75) is 13.3 Å². The fourth-order valence-electron chi connectivity index (χ4n) is 2.75. The molecule has 1 aliphatic heterocycles. The summed E-state index contributed by atoms with van der Waals surface area (Å²) in [6.45, 7) is 2.08. The average molecular weight is 391 g/mol. The van der Waals surface area contributed by atoms with Crippen molar-refractivity contribution >= 4 is 38.9 Å². The Kier molecular flexibility index (Phi) is 5.13. The lowest BCUT2D eigenvalue weighted by atomic mass is 10.1.